The first-order valence-electron chi connectivity index (χ1n) is 10.3. The molecule has 3 aromatic carbocycles. The third-order valence-electron chi connectivity index (χ3n) is 5.57. The van der Waals surface area contributed by atoms with E-state index in [2.05, 4.69) is 5.32 Å². The molecule has 4 rings (SSSR count). The van der Waals surface area contributed by atoms with Crippen molar-refractivity contribution < 1.29 is 19.1 Å². The fraction of sp³-hybridized carbons (Fsp3) is 0.154. The van der Waals surface area contributed by atoms with Crippen molar-refractivity contribution in [3.63, 3.8) is 0 Å². The van der Waals surface area contributed by atoms with Crippen LogP contribution in [0.3, 0.4) is 0 Å². The van der Waals surface area contributed by atoms with Crippen molar-refractivity contribution in [2.45, 2.75) is 13.8 Å². The van der Waals surface area contributed by atoms with Crippen molar-refractivity contribution in [3.05, 3.63) is 88.1 Å². The molecule has 0 aliphatic carbocycles. The molecule has 1 aliphatic rings. The van der Waals surface area contributed by atoms with Crippen molar-refractivity contribution in [3.8, 4) is 11.5 Å². The molecule has 6 nitrogen and oxygen atoms in total. The van der Waals surface area contributed by atoms with Crippen LogP contribution >= 0.6 is 11.6 Å². The Bertz CT molecular complexity index is 1280. The maximum absolute atomic E-state index is 13.6. The smallest absolute Gasteiger partial charge is 0.282 e. The Morgan fingerprint density at radius 1 is 0.818 bits per heavy atom. The number of carbonyl (C=O) groups is 2. The number of rotatable bonds is 6. The van der Waals surface area contributed by atoms with Gasteiger partial charge in [-0.05, 0) is 48.7 Å². The third kappa shape index (κ3) is 4.30. The molecule has 3 aromatic rings. The zero-order valence-corrected chi connectivity index (χ0v) is 19.5. The van der Waals surface area contributed by atoms with Crippen molar-refractivity contribution in [2.75, 3.05) is 24.4 Å². The average molecular weight is 463 g/mol. The zero-order valence-electron chi connectivity index (χ0n) is 18.7. The number of nitrogens with zero attached hydrogens (tertiary/aromatic N) is 1. The molecule has 33 heavy (non-hydrogen) atoms. The highest BCUT2D eigenvalue weighted by Crippen LogP contribution is 2.36. The molecule has 0 radical (unpaired) electrons. The summed E-state index contributed by atoms with van der Waals surface area (Å²) in [7, 11) is 3.09. The fourth-order valence-electron chi connectivity index (χ4n) is 3.68. The minimum atomic E-state index is -0.475. The Morgan fingerprint density at radius 3 is 2.12 bits per heavy atom. The van der Waals surface area contributed by atoms with Gasteiger partial charge in [0.15, 0.2) is 0 Å². The minimum Gasteiger partial charge on any atom is -0.497 e. The van der Waals surface area contributed by atoms with Crippen molar-refractivity contribution in [1.82, 2.24) is 0 Å². The first kappa shape index (κ1) is 22.4. The Balaban J connectivity index is 1.86. The molecule has 0 saturated heterocycles. The second kappa shape index (κ2) is 9.00. The molecule has 0 unspecified atom stereocenters. The number of halogens is 1. The largest absolute Gasteiger partial charge is 0.497 e. The summed E-state index contributed by atoms with van der Waals surface area (Å²) in [5, 5.41) is 3.57. The number of carbonyl (C=O) groups excluding carboxylic acids is 2. The van der Waals surface area contributed by atoms with Gasteiger partial charge in [-0.2, -0.15) is 0 Å². The molecule has 2 amide bonds. The van der Waals surface area contributed by atoms with E-state index in [0.717, 1.165) is 16.0 Å². The quantitative estimate of drug-likeness (QED) is 0.499. The van der Waals surface area contributed by atoms with E-state index in [1.165, 1.54) is 0 Å². The van der Waals surface area contributed by atoms with Gasteiger partial charge in [-0.1, -0.05) is 35.9 Å². The van der Waals surface area contributed by atoms with Gasteiger partial charge >= 0.3 is 0 Å². The van der Waals surface area contributed by atoms with E-state index in [9.17, 15) is 9.59 Å². The number of benzene rings is 3. The molecule has 1 aliphatic heterocycles. The van der Waals surface area contributed by atoms with Crippen molar-refractivity contribution in [1.29, 1.82) is 0 Å². The van der Waals surface area contributed by atoms with Gasteiger partial charge in [0.05, 0.1) is 25.5 Å². The molecule has 7 heteroatoms. The molecule has 0 atom stereocenters. The molecular weight excluding hydrogens is 440 g/mol. The molecule has 0 fully saturated rings. The molecular formula is C26H23ClN2O4. The molecule has 0 spiro atoms. The predicted octanol–water partition coefficient (Wildman–Crippen LogP) is 5.37. The first-order chi connectivity index (χ1) is 15.8. The van der Waals surface area contributed by atoms with E-state index >= 15 is 0 Å². The number of hydrogen-bond donors (Lipinski definition) is 1. The lowest BCUT2D eigenvalue weighted by Gasteiger charge is -2.16. The van der Waals surface area contributed by atoms with Gasteiger partial charge in [0.25, 0.3) is 11.8 Å². The molecule has 0 bridgehead atoms. The summed E-state index contributed by atoms with van der Waals surface area (Å²) in [5.41, 5.74) is 4.16. The van der Waals surface area contributed by atoms with Crippen LogP contribution in [0, 0.1) is 13.8 Å². The lowest BCUT2D eigenvalue weighted by molar-refractivity contribution is -0.120. The molecule has 1 N–H and O–H groups in total. The van der Waals surface area contributed by atoms with E-state index < -0.39 is 11.8 Å². The summed E-state index contributed by atoms with van der Waals surface area (Å²) in [6.45, 7) is 3.96. The third-order valence-corrected chi connectivity index (χ3v) is 5.80. The van der Waals surface area contributed by atoms with Crippen molar-refractivity contribution >= 4 is 40.4 Å². The monoisotopic (exact) mass is 462 g/mol. The summed E-state index contributed by atoms with van der Waals surface area (Å²) < 4.78 is 10.7. The van der Waals surface area contributed by atoms with Gasteiger partial charge < -0.3 is 14.8 Å². The number of methoxy groups -OCH3 is 2. The van der Waals surface area contributed by atoms with Crippen LogP contribution in [-0.4, -0.2) is 26.0 Å². The number of amides is 2. The number of imide groups is 1. The summed E-state index contributed by atoms with van der Waals surface area (Å²) in [4.78, 5) is 28.3. The number of nitrogens with one attached hydrogen (secondary N) is 1. The van der Waals surface area contributed by atoms with E-state index in [1.54, 1.807) is 56.7 Å². The standard InChI is InChI=1S/C26H23ClN2O4/c1-15-8-9-17(10-16(15)2)23-24(28-19-12-21(32-3)14-22(13-19)33-4)26(31)29(25(23)30)20-7-5-6-18(27)11-20/h5-14,28H,1-4H3. The second-order valence-corrected chi connectivity index (χ2v) is 8.14. The highest BCUT2D eigenvalue weighted by atomic mass is 35.5. The minimum absolute atomic E-state index is 0.165. The number of hydrogen-bond acceptors (Lipinski definition) is 5. The summed E-state index contributed by atoms with van der Waals surface area (Å²) >= 11 is 6.14. The predicted molar refractivity (Wildman–Crippen MR) is 130 cm³/mol. The molecule has 168 valence electrons. The average Bonchev–Trinajstić information content (AvgIpc) is 3.04. The molecule has 0 saturated carbocycles. The van der Waals surface area contributed by atoms with Crippen LogP contribution in [0.1, 0.15) is 16.7 Å². The molecule has 1 heterocycles. The van der Waals surface area contributed by atoms with E-state index in [0.29, 0.717) is 33.5 Å². The van der Waals surface area contributed by atoms with Crippen LogP contribution in [0.5, 0.6) is 11.5 Å². The highest BCUT2D eigenvalue weighted by Gasteiger charge is 2.40. The summed E-state index contributed by atoms with van der Waals surface area (Å²) in [5.74, 6) is 0.197. The number of aryl methyl sites for hydroxylation is 2. The van der Waals surface area contributed by atoms with E-state index in [1.807, 2.05) is 32.0 Å². The van der Waals surface area contributed by atoms with Crippen LogP contribution in [0.25, 0.3) is 5.57 Å². The van der Waals surface area contributed by atoms with Crippen molar-refractivity contribution in [2.24, 2.45) is 0 Å². The van der Waals surface area contributed by atoms with Crippen LogP contribution in [0.2, 0.25) is 5.02 Å². The number of ether oxygens (including phenoxy) is 2. The van der Waals surface area contributed by atoms with Crippen LogP contribution in [0.15, 0.2) is 66.4 Å². The van der Waals surface area contributed by atoms with Crippen LogP contribution in [0.4, 0.5) is 11.4 Å². The normalized spacial score (nSPS) is 13.5. The second-order valence-electron chi connectivity index (χ2n) is 7.70. The topological polar surface area (TPSA) is 67.9 Å². The van der Waals surface area contributed by atoms with E-state index in [-0.39, 0.29) is 11.3 Å². The van der Waals surface area contributed by atoms with Gasteiger partial charge in [-0.15, -0.1) is 0 Å². The first-order valence-corrected chi connectivity index (χ1v) is 10.7. The van der Waals surface area contributed by atoms with Gasteiger partial charge in [0.2, 0.25) is 0 Å². The lowest BCUT2D eigenvalue weighted by atomic mass is 9.99. The number of anilines is 2. The van der Waals surface area contributed by atoms with Gasteiger partial charge in [-0.25, -0.2) is 4.90 Å². The maximum atomic E-state index is 13.6. The SMILES string of the molecule is COc1cc(NC2=C(c3ccc(C)c(C)c3)C(=O)N(c3cccc(Cl)c3)C2=O)cc(OC)c1. The Labute approximate surface area is 197 Å². The summed E-state index contributed by atoms with van der Waals surface area (Å²) in [6, 6.07) is 17.5. The zero-order chi connectivity index (χ0) is 23.7. The Kier molecular flexibility index (Phi) is 6.11. The van der Waals surface area contributed by atoms with Gasteiger partial charge in [-0.3, -0.25) is 9.59 Å². The maximum Gasteiger partial charge on any atom is 0.282 e. The van der Waals surface area contributed by atoms with E-state index in [4.69, 9.17) is 21.1 Å². The fourth-order valence-corrected chi connectivity index (χ4v) is 3.87. The Morgan fingerprint density at radius 2 is 1.52 bits per heavy atom. The molecule has 0 aromatic heterocycles. The Hall–Kier alpha value is -3.77. The van der Waals surface area contributed by atoms with Gasteiger partial charge in [0.1, 0.15) is 17.2 Å². The van der Waals surface area contributed by atoms with Crippen LogP contribution in [-0.2, 0) is 9.59 Å². The van der Waals surface area contributed by atoms with Gasteiger partial charge in [0, 0.05) is 28.9 Å². The lowest BCUT2D eigenvalue weighted by Crippen LogP contribution is -2.32. The van der Waals surface area contributed by atoms with Crippen LogP contribution < -0.4 is 19.7 Å². The summed E-state index contributed by atoms with van der Waals surface area (Å²) in [6.07, 6.45) is 0. The highest BCUT2D eigenvalue weighted by molar-refractivity contribution is 6.46.